The van der Waals surface area contributed by atoms with Crippen LogP contribution in [0.5, 0.6) is 0 Å². The van der Waals surface area contributed by atoms with Crippen molar-refractivity contribution >= 4 is 79.4 Å². The van der Waals surface area contributed by atoms with Crippen molar-refractivity contribution in [3.8, 4) is 0 Å². The molecule has 0 spiro atoms. The third-order valence-electron chi connectivity index (χ3n) is 0.854. The molecule has 0 aliphatic rings. The molecule has 0 aromatic rings. The summed E-state index contributed by atoms with van der Waals surface area (Å²) in [7, 11) is -10.2. The Kier molecular flexibility index (Phi) is 10.7. The summed E-state index contributed by atoms with van der Waals surface area (Å²) in [6.07, 6.45) is 0. The maximum absolute atomic E-state index is 9.99. The zero-order valence-corrected chi connectivity index (χ0v) is 13.0. The zero-order chi connectivity index (χ0) is 10.2. The molecule has 76 valence electrons. The molecule has 0 aromatic carbocycles. The molecule has 0 amide bonds. The van der Waals surface area contributed by atoms with Gasteiger partial charge in [-0.3, -0.25) is 9.11 Å². The molecule has 0 fully saturated rings. The van der Waals surface area contributed by atoms with Crippen LogP contribution in [0.3, 0.4) is 0 Å². The number of aliphatic hydroxyl groups excluding tert-OH is 2. The van der Waals surface area contributed by atoms with Crippen molar-refractivity contribution in [2.75, 3.05) is 0 Å². The van der Waals surface area contributed by atoms with Crippen molar-refractivity contribution in [3.63, 3.8) is 0 Å². The van der Waals surface area contributed by atoms with Gasteiger partial charge in [0.15, 0.2) is 0 Å². The molecule has 0 saturated heterocycles. The minimum Gasteiger partial charge on any atom is -0.372 e. The molecule has 12 heteroatoms. The number of aliphatic hydroxyl groups is 2. The molecule has 14 heavy (non-hydrogen) atoms. The van der Waals surface area contributed by atoms with E-state index in [4.69, 9.17) is 19.3 Å². The van der Waals surface area contributed by atoms with Crippen LogP contribution in [0.1, 0.15) is 0 Å². The van der Waals surface area contributed by atoms with E-state index in [-0.39, 0.29) is 59.1 Å². The largest absolute Gasteiger partial charge is 0.372 e. The fourth-order valence-electron chi connectivity index (χ4n) is 0.294. The minimum absolute atomic E-state index is 0. The second-order valence-electron chi connectivity index (χ2n) is 1.81. The topological polar surface area (TPSA) is 149 Å². The van der Waals surface area contributed by atoms with E-state index in [2.05, 4.69) is 0 Å². The predicted octanol–water partition coefficient (Wildman–Crippen LogP) is -3.36. The van der Waals surface area contributed by atoms with E-state index in [1.807, 2.05) is 0 Å². The Labute approximate surface area is 125 Å². The Morgan fingerprint density at radius 3 is 0.929 bits per heavy atom. The summed E-state index contributed by atoms with van der Waals surface area (Å²) >= 11 is 0. The van der Waals surface area contributed by atoms with Crippen molar-refractivity contribution in [2.24, 2.45) is 0 Å². The molecule has 4 N–H and O–H groups in total. The van der Waals surface area contributed by atoms with Gasteiger partial charge in [0, 0.05) is 59.1 Å². The van der Waals surface area contributed by atoms with Crippen molar-refractivity contribution in [1.29, 1.82) is 0 Å². The monoisotopic (exact) mass is 268 g/mol. The quantitative estimate of drug-likeness (QED) is 0.306. The normalized spacial score (nSPS) is 16.0. The van der Waals surface area contributed by atoms with E-state index in [9.17, 15) is 16.8 Å². The Morgan fingerprint density at radius 1 is 0.714 bits per heavy atom. The molecule has 0 saturated carbocycles. The molecule has 0 bridgehead atoms. The third-order valence-corrected chi connectivity index (χ3v) is 2.76. The van der Waals surface area contributed by atoms with E-state index in [1.54, 1.807) is 0 Å². The predicted molar refractivity (Wildman–Crippen MR) is 46.6 cm³/mol. The summed E-state index contributed by atoms with van der Waals surface area (Å²) < 4.78 is 56.0. The average molecular weight is 268 g/mol. The number of hydrogen-bond donors (Lipinski definition) is 4. The van der Waals surface area contributed by atoms with Crippen LogP contribution in [0.15, 0.2) is 0 Å². The van der Waals surface area contributed by atoms with Crippen LogP contribution in [-0.4, -0.2) is 106 Å². The van der Waals surface area contributed by atoms with Gasteiger partial charge in [0.25, 0.3) is 20.2 Å². The smallest absolute Gasteiger partial charge is 0.295 e. The molecule has 0 heterocycles. The van der Waals surface area contributed by atoms with Crippen LogP contribution in [-0.2, 0) is 20.2 Å². The van der Waals surface area contributed by atoms with Crippen LogP contribution in [0.4, 0.5) is 0 Å². The van der Waals surface area contributed by atoms with Gasteiger partial charge in [0.1, 0.15) is 0 Å². The third kappa shape index (κ3) is 7.09. The first-order valence-electron chi connectivity index (χ1n) is 2.35. The van der Waals surface area contributed by atoms with Gasteiger partial charge in [0.05, 0.1) is 0 Å². The SMILES string of the molecule is O=S(=O)(O)C(O)C(O)S(=O)(=O)O.[Na].[Na]. The Balaban J connectivity index is -0.000000605. The van der Waals surface area contributed by atoms with Crippen molar-refractivity contribution in [1.82, 2.24) is 0 Å². The fourth-order valence-corrected chi connectivity index (χ4v) is 1.73. The van der Waals surface area contributed by atoms with Gasteiger partial charge in [-0.25, -0.2) is 0 Å². The Bertz CT molecular complexity index is 308. The van der Waals surface area contributed by atoms with Crippen LogP contribution in [0.2, 0.25) is 0 Å². The maximum Gasteiger partial charge on any atom is 0.295 e. The van der Waals surface area contributed by atoms with Crippen molar-refractivity contribution < 1.29 is 36.2 Å². The first-order valence-corrected chi connectivity index (χ1v) is 5.36. The van der Waals surface area contributed by atoms with Crippen LogP contribution in [0, 0.1) is 0 Å². The van der Waals surface area contributed by atoms with E-state index < -0.39 is 31.1 Å². The fraction of sp³-hybridized carbons (Fsp3) is 1.00. The summed E-state index contributed by atoms with van der Waals surface area (Å²) in [6.45, 7) is 0. The maximum atomic E-state index is 9.99. The van der Waals surface area contributed by atoms with Gasteiger partial charge in [0.2, 0.25) is 10.9 Å². The molecule has 2 atom stereocenters. The van der Waals surface area contributed by atoms with Crippen molar-refractivity contribution in [2.45, 2.75) is 10.9 Å². The Hall–Kier alpha value is 1.74. The van der Waals surface area contributed by atoms with Gasteiger partial charge in [-0.2, -0.15) is 16.8 Å². The summed E-state index contributed by atoms with van der Waals surface area (Å²) in [4.78, 5) is 0. The summed E-state index contributed by atoms with van der Waals surface area (Å²) in [6, 6.07) is 0. The first-order chi connectivity index (χ1) is 5.07. The van der Waals surface area contributed by atoms with Gasteiger partial charge in [-0.1, -0.05) is 0 Å². The summed E-state index contributed by atoms with van der Waals surface area (Å²) in [5.74, 6) is 0. The number of rotatable bonds is 3. The molecule has 0 aliphatic carbocycles. The summed E-state index contributed by atoms with van der Waals surface area (Å²) in [5, 5.41) is 16.7. The molecule has 2 unspecified atom stereocenters. The van der Waals surface area contributed by atoms with E-state index in [0.717, 1.165) is 0 Å². The van der Waals surface area contributed by atoms with Crippen molar-refractivity contribution in [3.05, 3.63) is 0 Å². The van der Waals surface area contributed by atoms with Crippen LogP contribution in [0.25, 0.3) is 0 Å². The molecular weight excluding hydrogens is 262 g/mol. The number of hydrogen-bond acceptors (Lipinski definition) is 6. The van der Waals surface area contributed by atoms with E-state index >= 15 is 0 Å². The molecule has 0 rings (SSSR count). The van der Waals surface area contributed by atoms with Gasteiger partial charge in [-0.05, 0) is 0 Å². The first kappa shape index (κ1) is 21.1. The minimum atomic E-state index is -5.12. The molecule has 8 nitrogen and oxygen atoms in total. The summed E-state index contributed by atoms with van der Waals surface area (Å²) in [5.41, 5.74) is -5.96. The Morgan fingerprint density at radius 2 is 0.857 bits per heavy atom. The molecule has 0 aromatic heterocycles. The second-order valence-corrected chi connectivity index (χ2v) is 4.84. The van der Waals surface area contributed by atoms with Gasteiger partial charge >= 0.3 is 0 Å². The van der Waals surface area contributed by atoms with Gasteiger partial charge in [-0.15, -0.1) is 0 Å². The standard InChI is InChI=1S/C2H6O8S2.2Na/c3-1(11(5,6)7)2(4)12(8,9)10;;/h1-4H,(H,5,6,7)(H,8,9,10);;. The molecular formula is C2H6Na2O8S2. The van der Waals surface area contributed by atoms with Gasteiger partial charge < -0.3 is 10.2 Å². The van der Waals surface area contributed by atoms with E-state index in [1.165, 1.54) is 0 Å². The zero-order valence-electron chi connectivity index (χ0n) is 7.39. The van der Waals surface area contributed by atoms with Crippen LogP contribution >= 0.6 is 0 Å². The second kappa shape index (κ2) is 7.14. The van der Waals surface area contributed by atoms with Crippen LogP contribution < -0.4 is 0 Å². The van der Waals surface area contributed by atoms with E-state index in [0.29, 0.717) is 0 Å². The molecule has 2 radical (unpaired) electrons. The molecule has 0 aliphatic heterocycles. The average Bonchev–Trinajstić information content (AvgIpc) is 1.80.